The van der Waals surface area contributed by atoms with Gasteiger partial charge in [0.1, 0.15) is 0 Å². The third kappa shape index (κ3) is 2.38. The molecule has 16 heavy (non-hydrogen) atoms. The van der Waals surface area contributed by atoms with Crippen LogP contribution in [0.4, 0.5) is 0 Å². The van der Waals surface area contributed by atoms with E-state index in [1.807, 2.05) is 16.8 Å². The van der Waals surface area contributed by atoms with Gasteiger partial charge in [-0.05, 0) is 36.8 Å². The van der Waals surface area contributed by atoms with Gasteiger partial charge in [0.25, 0.3) is 0 Å². The second-order valence-corrected chi connectivity index (χ2v) is 4.98. The van der Waals surface area contributed by atoms with Gasteiger partial charge in [0.2, 0.25) is 0 Å². The van der Waals surface area contributed by atoms with Crippen molar-refractivity contribution < 1.29 is 0 Å². The van der Waals surface area contributed by atoms with E-state index in [0.717, 1.165) is 27.6 Å². The standard InChI is InChI=1S/C12H12Br2N2/c1-2-10-7-12(8-13)16(15-10)11-5-3-9(14)4-6-11/h3-7H,2,8H2,1H3. The van der Waals surface area contributed by atoms with E-state index < -0.39 is 0 Å². The second kappa shape index (κ2) is 5.15. The molecule has 2 aromatic rings. The van der Waals surface area contributed by atoms with Crippen LogP contribution in [0.25, 0.3) is 5.69 Å². The lowest BCUT2D eigenvalue weighted by Gasteiger charge is -2.05. The minimum Gasteiger partial charge on any atom is -0.237 e. The molecule has 0 atom stereocenters. The Morgan fingerprint density at radius 1 is 1.25 bits per heavy atom. The molecule has 1 heterocycles. The van der Waals surface area contributed by atoms with Crippen molar-refractivity contribution in [3.63, 3.8) is 0 Å². The summed E-state index contributed by atoms with van der Waals surface area (Å²) in [5, 5.41) is 5.39. The molecule has 4 heteroatoms. The summed E-state index contributed by atoms with van der Waals surface area (Å²) in [5.41, 5.74) is 3.40. The Bertz CT molecular complexity index is 474. The quantitative estimate of drug-likeness (QED) is 0.767. The summed E-state index contributed by atoms with van der Waals surface area (Å²) >= 11 is 6.93. The molecule has 0 aliphatic heterocycles. The fourth-order valence-corrected chi connectivity index (χ4v) is 2.21. The first-order chi connectivity index (χ1) is 7.74. The number of hydrogen-bond donors (Lipinski definition) is 0. The molecule has 0 amide bonds. The zero-order valence-electron chi connectivity index (χ0n) is 8.95. The number of aryl methyl sites for hydroxylation is 1. The van der Waals surface area contributed by atoms with Crippen LogP contribution >= 0.6 is 31.9 Å². The average Bonchev–Trinajstić information content (AvgIpc) is 2.73. The zero-order chi connectivity index (χ0) is 11.5. The normalized spacial score (nSPS) is 10.7. The molecule has 1 aromatic heterocycles. The third-order valence-corrected chi connectivity index (χ3v) is 3.51. The molecule has 0 saturated carbocycles. The average molecular weight is 344 g/mol. The molecular weight excluding hydrogens is 332 g/mol. The second-order valence-electron chi connectivity index (χ2n) is 3.50. The fraction of sp³-hybridized carbons (Fsp3) is 0.250. The molecule has 0 aliphatic carbocycles. The van der Waals surface area contributed by atoms with Crippen LogP contribution in [-0.4, -0.2) is 9.78 Å². The Hall–Kier alpha value is -0.610. The molecular formula is C12H12Br2N2. The van der Waals surface area contributed by atoms with Crippen LogP contribution in [-0.2, 0) is 11.8 Å². The van der Waals surface area contributed by atoms with Crippen LogP contribution in [0.1, 0.15) is 18.3 Å². The van der Waals surface area contributed by atoms with Crippen molar-refractivity contribution in [2.24, 2.45) is 0 Å². The predicted molar refractivity (Wildman–Crippen MR) is 73.3 cm³/mol. The summed E-state index contributed by atoms with van der Waals surface area (Å²) in [5.74, 6) is 0. The van der Waals surface area contributed by atoms with Crippen molar-refractivity contribution in [1.29, 1.82) is 0 Å². The Balaban J connectivity index is 2.45. The number of aromatic nitrogens is 2. The van der Waals surface area contributed by atoms with Gasteiger partial charge < -0.3 is 0 Å². The Labute approximate surface area is 112 Å². The zero-order valence-corrected chi connectivity index (χ0v) is 12.1. The van der Waals surface area contributed by atoms with Crippen LogP contribution in [0.3, 0.4) is 0 Å². The highest BCUT2D eigenvalue weighted by Crippen LogP contribution is 2.18. The molecule has 0 unspecified atom stereocenters. The number of halogens is 2. The summed E-state index contributed by atoms with van der Waals surface area (Å²) in [7, 11) is 0. The first kappa shape index (κ1) is 11.9. The lowest BCUT2D eigenvalue weighted by molar-refractivity contribution is 0.815. The van der Waals surface area contributed by atoms with Crippen LogP contribution in [0, 0.1) is 0 Å². The van der Waals surface area contributed by atoms with Crippen molar-refractivity contribution in [3.8, 4) is 5.69 Å². The molecule has 0 fully saturated rings. The van der Waals surface area contributed by atoms with Gasteiger partial charge in [-0.3, -0.25) is 0 Å². The summed E-state index contributed by atoms with van der Waals surface area (Å²) < 4.78 is 3.07. The van der Waals surface area contributed by atoms with Gasteiger partial charge in [-0.1, -0.05) is 38.8 Å². The van der Waals surface area contributed by atoms with Crippen LogP contribution in [0.5, 0.6) is 0 Å². The Morgan fingerprint density at radius 3 is 2.50 bits per heavy atom. The summed E-state index contributed by atoms with van der Waals surface area (Å²) in [6.07, 6.45) is 0.962. The number of benzene rings is 1. The molecule has 2 nitrogen and oxygen atoms in total. The van der Waals surface area contributed by atoms with Gasteiger partial charge in [-0.15, -0.1) is 0 Å². The summed E-state index contributed by atoms with van der Waals surface area (Å²) in [6.45, 7) is 2.12. The van der Waals surface area contributed by atoms with Gasteiger partial charge in [0.05, 0.1) is 17.1 Å². The van der Waals surface area contributed by atoms with Gasteiger partial charge in [-0.25, -0.2) is 4.68 Å². The van der Waals surface area contributed by atoms with Crippen molar-refractivity contribution in [1.82, 2.24) is 9.78 Å². The first-order valence-corrected chi connectivity index (χ1v) is 7.05. The minimum absolute atomic E-state index is 0.816. The largest absolute Gasteiger partial charge is 0.237 e. The number of alkyl halides is 1. The van der Waals surface area contributed by atoms with E-state index in [1.54, 1.807) is 0 Å². The SMILES string of the molecule is CCc1cc(CBr)n(-c2ccc(Br)cc2)n1. The summed E-state index contributed by atoms with van der Waals surface area (Å²) in [6, 6.07) is 10.3. The predicted octanol–water partition coefficient (Wildman–Crippen LogP) is 4.09. The van der Waals surface area contributed by atoms with E-state index in [1.165, 1.54) is 5.69 Å². The van der Waals surface area contributed by atoms with E-state index in [0.29, 0.717) is 0 Å². The Kier molecular flexibility index (Phi) is 3.82. The topological polar surface area (TPSA) is 17.8 Å². The molecule has 1 aromatic carbocycles. The summed E-state index contributed by atoms with van der Waals surface area (Å²) in [4.78, 5) is 0. The van der Waals surface area contributed by atoms with Gasteiger partial charge in [-0.2, -0.15) is 5.10 Å². The maximum atomic E-state index is 4.57. The van der Waals surface area contributed by atoms with Crippen molar-refractivity contribution >= 4 is 31.9 Å². The lowest BCUT2D eigenvalue weighted by Crippen LogP contribution is -2.00. The highest BCUT2D eigenvalue weighted by atomic mass is 79.9. The molecule has 0 N–H and O–H groups in total. The monoisotopic (exact) mass is 342 g/mol. The first-order valence-electron chi connectivity index (χ1n) is 5.14. The molecule has 0 saturated heterocycles. The lowest BCUT2D eigenvalue weighted by atomic mass is 10.3. The molecule has 0 bridgehead atoms. The number of nitrogens with zero attached hydrogens (tertiary/aromatic N) is 2. The smallest absolute Gasteiger partial charge is 0.0650 e. The molecule has 2 rings (SSSR count). The molecule has 0 aliphatic rings. The Morgan fingerprint density at radius 2 is 1.94 bits per heavy atom. The third-order valence-electron chi connectivity index (χ3n) is 2.40. The van der Waals surface area contributed by atoms with Crippen molar-refractivity contribution in [2.75, 3.05) is 0 Å². The molecule has 0 spiro atoms. The fourth-order valence-electron chi connectivity index (χ4n) is 1.55. The van der Waals surface area contributed by atoms with Crippen molar-refractivity contribution in [2.45, 2.75) is 18.7 Å². The van der Waals surface area contributed by atoms with Gasteiger partial charge in [0.15, 0.2) is 0 Å². The number of rotatable bonds is 3. The number of hydrogen-bond acceptors (Lipinski definition) is 1. The van der Waals surface area contributed by atoms with E-state index >= 15 is 0 Å². The highest BCUT2D eigenvalue weighted by molar-refractivity contribution is 9.10. The molecule has 84 valence electrons. The van der Waals surface area contributed by atoms with E-state index in [4.69, 9.17) is 0 Å². The maximum Gasteiger partial charge on any atom is 0.0650 e. The van der Waals surface area contributed by atoms with Gasteiger partial charge in [0, 0.05) is 9.80 Å². The maximum absolute atomic E-state index is 4.57. The van der Waals surface area contributed by atoms with Crippen LogP contribution in [0.2, 0.25) is 0 Å². The van der Waals surface area contributed by atoms with E-state index in [2.05, 4.69) is 62.1 Å². The molecule has 0 radical (unpaired) electrons. The van der Waals surface area contributed by atoms with E-state index in [-0.39, 0.29) is 0 Å². The van der Waals surface area contributed by atoms with Gasteiger partial charge >= 0.3 is 0 Å². The van der Waals surface area contributed by atoms with Crippen molar-refractivity contribution in [3.05, 3.63) is 46.2 Å². The van der Waals surface area contributed by atoms with E-state index in [9.17, 15) is 0 Å². The van der Waals surface area contributed by atoms with Crippen LogP contribution in [0.15, 0.2) is 34.8 Å². The highest BCUT2D eigenvalue weighted by Gasteiger charge is 2.07. The minimum atomic E-state index is 0.816. The van der Waals surface area contributed by atoms with Crippen LogP contribution < -0.4 is 0 Å².